The fourth-order valence-electron chi connectivity index (χ4n) is 2.93. The number of hydrogen-bond donors (Lipinski definition) is 1. The molecule has 1 aliphatic rings. The van der Waals surface area contributed by atoms with Gasteiger partial charge in [0.1, 0.15) is 18.0 Å². The molecule has 1 heterocycles. The van der Waals surface area contributed by atoms with Crippen LogP contribution in [0.1, 0.15) is 46.6 Å². The molecule has 0 radical (unpaired) electrons. The molecule has 1 aromatic rings. The number of benzene rings is 1. The van der Waals surface area contributed by atoms with Gasteiger partial charge in [-0.1, -0.05) is 44.7 Å². The first-order chi connectivity index (χ1) is 13.2. The van der Waals surface area contributed by atoms with Gasteiger partial charge in [0.15, 0.2) is 5.79 Å². The summed E-state index contributed by atoms with van der Waals surface area (Å²) < 4.78 is 22.8. The van der Waals surface area contributed by atoms with Crippen LogP contribution in [0.4, 0.5) is 0 Å². The molecule has 2 rings (SSSR count). The van der Waals surface area contributed by atoms with Gasteiger partial charge in [-0.05, 0) is 43.9 Å². The average Bonchev–Trinajstić information content (AvgIpc) is 2.98. The largest absolute Gasteiger partial charge is 0.497 e. The number of methoxy groups -OCH3 is 1. The third-order valence-electron chi connectivity index (χ3n) is 4.97. The van der Waals surface area contributed by atoms with Gasteiger partial charge in [-0.2, -0.15) is 0 Å². The number of rotatable bonds is 8. The normalized spacial score (nSPS) is 23.1. The highest BCUT2D eigenvalue weighted by Crippen LogP contribution is 2.31. The lowest BCUT2D eigenvalue weighted by Crippen LogP contribution is -2.35. The molecule has 1 unspecified atom stereocenters. The maximum absolute atomic E-state index is 10.5. The topological polar surface area (TPSA) is 57.2 Å². The zero-order valence-corrected chi connectivity index (χ0v) is 17.9. The van der Waals surface area contributed by atoms with Gasteiger partial charge >= 0.3 is 0 Å². The first-order valence-electron chi connectivity index (χ1n) is 9.97. The van der Waals surface area contributed by atoms with E-state index in [4.69, 9.17) is 18.9 Å². The first kappa shape index (κ1) is 22.7. The minimum atomic E-state index is -0.880. The van der Waals surface area contributed by atoms with Crippen LogP contribution in [0.25, 0.3) is 0 Å². The zero-order chi connectivity index (χ0) is 20.7. The van der Waals surface area contributed by atoms with Crippen LogP contribution in [-0.4, -0.2) is 42.9 Å². The van der Waals surface area contributed by atoms with E-state index in [1.165, 1.54) is 0 Å². The van der Waals surface area contributed by atoms with Crippen molar-refractivity contribution in [3.05, 3.63) is 29.8 Å². The molecule has 4 atom stereocenters. The lowest BCUT2D eigenvalue weighted by Gasteiger charge is -2.19. The highest BCUT2D eigenvalue weighted by atomic mass is 16.8. The molecule has 0 spiro atoms. The van der Waals surface area contributed by atoms with Crippen molar-refractivity contribution in [2.24, 2.45) is 11.8 Å². The standard InChI is InChI=1S/C23H34O5/c1-16(2)17(3)7-12-20(24)22-21(27-23(4,5)28-22)13-14-26-15-18-8-10-19(25-6)11-9-18/h8-11,16-17,20-22,24H,13-15H2,1-6H3/t17-,20?,21+,22-/m1/s1. The Morgan fingerprint density at radius 2 is 1.79 bits per heavy atom. The predicted molar refractivity (Wildman–Crippen MR) is 109 cm³/mol. The van der Waals surface area contributed by atoms with Crippen LogP contribution >= 0.6 is 0 Å². The monoisotopic (exact) mass is 390 g/mol. The molecule has 156 valence electrons. The van der Waals surface area contributed by atoms with Crippen LogP contribution in [0.3, 0.4) is 0 Å². The highest BCUT2D eigenvalue weighted by molar-refractivity contribution is 5.26. The smallest absolute Gasteiger partial charge is 0.163 e. The van der Waals surface area contributed by atoms with Gasteiger partial charge in [0.25, 0.3) is 0 Å². The van der Waals surface area contributed by atoms with Gasteiger partial charge in [-0.3, -0.25) is 0 Å². The Morgan fingerprint density at radius 3 is 2.39 bits per heavy atom. The summed E-state index contributed by atoms with van der Waals surface area (Å²) in [6.45, 7) is 11.0. The summed E-state index contributed by atoms with van der Waals surface area (Å²) in [5.74, 6) is 6.83. The van der Waals surface area contributed by atoms with Gasteiger partial charge in [0, 0.05) is 12.5 Å². The second kappa shape index (κ2) is 10.3. The van der Waals surface area contributed by atoms with E-state index in [1.807, 2.05) is 38.1 Å². The highest BCUT2D eigenvalue weighted by Gasteiger charge is 2.44. The second-order valence-electron chi connectivity index (χ2n) is 8.09. The van der Waals surface area contributed by atoms with E-state index < -0.39 is 18.0 Å². The molecule has 0 aromatic heterocycles. The summed E-state index contributed by atoms with van der Waals surface area (Å²) in [6.07, 6.45) is -0.992. The van der Waals surface area contributed by atoms with Crippen molar-refractivity contribution in [1.29, 1.82) is 0 Å². The maximum Gasteiger partial charge on any atom is 0.163 e. The van der Waals surface area contributed by atoms with Gasteiger partial charge in [0.05, 0.1) is 19.8 Å². The van der Waals surface area contributed by atoms with E-state index in [1.54, 1.807) is 7.11 Å². The maximum atomic E-state index is 10.5. The van der Waals surface area contributed by atoms with Crippen molar-refractivity contribution in [2.75, 3.05) is 13.7 Å². The Bertz CT molecular complexity index is 656. The average molecular weight is 391 g/mol. The van der Waals surface area contributed by atoms with Crippen LogP contribution in [0.15, 0.2) is 24.3 Å². The summed E-state index contributed by atoms with van der Waals surface area (Å²) in [5.41, 5.74) is 1.08. The molecule has 0 amide bonds. The fraction of sp³-hybridized carbons (Fsp3) is 0.652. The second-order valence-corrected chi connectivity index (χ2v) is 8.09. The quantitative estimate of drug-likeness (QED) is 0.541. The molecule has 1 saturated heterocycles. The number of aliphatic hydroxyl groups is 1. The Balaban J connectivity index is 1.86. The van der Waals surface area contributed by atoms with Crippen LogP contribution in [0.5, 0.6) is 5.75 Å². The minimum Gasteiger partial charge on any atom is -0.497 e. The van der Waals surface area contributed by atoms with Crippen molar-refractivity contribution in [3.8, 4) is 17.6 Å². The van der Waals surface area contributed by atoms with Crippen LogP contribution < -0.4 is 4.74 Å². The predicted octanol–water partition coefficient (Wildman–Crippen LogP) is 3.78. The van der Waals surface area contributed by atoms with E-state index >= 15 is 0 Å². The van der Waals surface area contributed by atoms with Crippen LogP contribution in [0.2, 0.25) is 0 Å². The summed E-state index contributed by atoms with van der Waals surface area (Å²) in [7, 11) is 1.65. The summed E-state index contributed by atoms with van der Waals surface area (Å²) in [4.78, 5) is 0. The summed E-state index contributed by atoms with van der Waals surface area (Å²) >= 11 is 0. The molecule has 1 aromatic carbocycles. The molecule has 5 heteroatoms. The van der Waals surface area contributed by atoms with E-state index in [2.05, 4.69) is 32.6 Å². The Kier molecular flexibility index (Phi) is 8.33. The Morgan fingerprint density at radius 1 is 1.11 bits per heavy atom. The van der Waals surface area contributed by atoms with Gasteiger partial charge in [-0.15, -0.1) is 0 Å². The zero-order valence-electron chi connectivity index (χ0n) is 17.9. The fourth-order valence-corrected chi connectivity index (χ4v) is 2.93. The molecule has 0 bridgehead atoms. The first-order valence-corrected chi connectivity index (χ1v) is 9.97. The van der Waals surface area contributed by atoms with Crippen molar-refractivity contribution >= 4 is 0 Å². The van der Waals surface area contributed by atoms with E-state index in [9.17, 15) is 5.11 Å². The van der Waals surface area contributed by atoms with Crippen molar-refractivity contribution in [2.45, 2.75) is 71.7 Å². The van der Waals surface area contributed by atoms with Crippen LogP contribution in [0, 0.1) is 23.7 Å². The minimum absolute atomic E-state index is 0.219. The van der Waals surface area contributed by atoms with E-state index in [0.29, 0.717) is 25.6 Å². The molecule has 0 aliphatic carbocycles. The lowest BCUT2D eigenvalue weighted by atomic mass is 9.98. The van der Waals surface area contributed by atoms with Gasteiger partial charge in [-0.25, -0.2) is 0 Å². The van der Waals surface area contributed by atoms with E-state index in [0.717, 1.165) is 11.3 Å². The summed E-state index contributed by atoms with van der Waals surface area (Å²) in [6, 6.07) is 7.79. The lowest BCUT2D eigenvalue weighted by molar-refractivity contribution is -0.153. The van der Waals surface area contributed by atoms with Crippen molar-refractivity contribution in [3.63, 3.8) is 0 Å². The van der Waals surface area contributed by atoms with Crippen molar-refractivity contribution in [1.82, 2.24) is 0 Å². The van der Waals surface area contributed by atoms with Crippen molar-refractivity contribution < 1.29 is 24.1 Å². The molecule has 28 heavy (non-hydrogen) atoms. The SMILES string of the molecule is COc1ccc(COCC[C@@H]2OC(C)(C)O[C@@H]2C(O)C#C[C@@H](C)C(C)C)cc1. The van der Waals surface area contributed by atoms with Crippen LogP contribution in [-0.2, 0) is 20.8 Å². The molecule has 0 saturated carbocycles. The molecule has 5 nitrogen and oxygen atoms in total. The third kappa shape index (κ3) is 6.79. The molecule has 1 N–H and O–H groups in total. The van der Waals surface area contributed by atoms with E-state index in [-0.39, 0.29) is 12.0 Å². The van der Waals surface area contributed by atoms with Gasteiger partial charge in [0.2, 0.25) is 0 Å². The molecular formula is C23H34O5. The summed E-state index contributed by atoms with van der Waals surface area (Å²) in [5, 5.41) is 10.5. The number of aliphatic hydroxyl groups excluding tert-OH is 1. The Labute approximate surface area is 169 Å². The molecule has 1 fully saturated rings. The molecule has 1 aliphatic heterocycles. The number of hydrogen-bond acceptors (Lipinski definition) is 5. The number of ether oxygens (including phenoxy) is 4. The molecular weight excluding hydrogens is 356 g/mol. The van der Waals surface area contributed by atoms with Gasteiger partial charge < -0.3 is 24.1 Å². The Hall–Kier alpha value is -1.58. The third-order valence-corrected chi connectivity index (χ3v) is 4.97.